The maximum atomic E-state index is 13.3. The monoisotopic (exact) mass is 425 g/mol. The number of thiophene rings is 1. The average Bonchev–Trinajstić information content (AvgIpc) is 3.30. The second-order valence-corrected chi connectivity index (χ2v) is 10.0. The minimum absolute atomic E-state index is 0.0689. The van der Waals surface area contributed by atoms with Crippen LogP contribution in [-0.2, 0) is 14.3 Å². The molecule has 2 aliphatic rings. The maximum Gasteiger partial charge on any atom is 0.337 e. The summed E-state index contributed by atoms with van der Waals surface area (Å²) in [6.07, 6.45) is 2.68. The second kappa shape index (κ2) is 7.54. The molecule has 0 radical (unpaired) electrons. The Bertz CT molecular complexity index is 1060. The van der Waals surface area contributed by atoms with Crippen LogP contribution in [0.5, 0.6) is 0 Å². The second-order valence-electron chi connectivity index (χ2n) is 9.06. The SMILES string of the molecule is CC1=C(C(=O)OC(C)C)C(c2cn[nH]c2-c2cccs2)C2=C(CC(C)(C)CC2=O)N1. The van der Waals surface area contributed by atoms with Crippen LogP contribution in [0.25, 0.3) is 10.6 Å². The normalized spacial score (nSPS) is 21.0. The number of allylic oxidation sites excluding steroid dienone is 3. The number of ketones is 1. The number of aromatic amines is 1. The number of Topliss-reactive ketones (excluding diaryl/α,β-unsaturated/α-hetero) is 1. The van der Waals surface area contributed by atoms with Crippen LogP contribution in [0, 0.1) is 5.41 Å². The minimum atomic E-state index is -0.507. The molecule has 0 fully saturated rings. The number of rotatable bonds is 4. The van der Waals surface area contributed by atoms with Gasteiger partial charge in [-0.3, -0.25) is 9.89 Å². The van der Waals surface area contributed by atoms with E-state index in [4.69, 9.17) is 4.74 Å². The summed E-state index contributed by atoms with van der Waals surface area (Å²) in [4.78, 5) is 27.5. The van der Waals surface area contributed by atoms with Gasteiger partial charge in [0.2, 0.25) is 0 Å². The molecule has 1 aliphatic heterocycles. The van der Waals surface area contributed by atoms with Crippen molar-refractivity contribution in [2.24, 2.45) is 5.41 Å². The number of dihydropyridines is 1. The van der Waals surface area contributed by atoms with Crippen molar-refractivity contribution in [1.29, 1.82) is 0 Å². The zero-order chi connectivity index (χ0) is 21.6. The first kappa shape index (κ1) is 20.6. The quantitative estimate of drug-likeness (QED) is 0.694. The van der Waals surface area contributed by atoms with Gasteiger partial charge in [-0.1, -0.05) is 19.9 Å². The van der Waals surface area contributed by atoms with E-state index in [1.165, 1.54) is 0 Å². The van der Waals surface area contributed by atoms with Gasteiger partial charge in [0.1, 0.15) is 0 Å². The summed E-state index contributed by atoms with van der Waals surface area (Å²) in [5, 5.41) is 12.7. The van der Waals surface area contributed by atoms with E-state index < -0.39 is 11.9 Å². The van der Waals surface area contributed by atoms with E-state index in [2.05, 4.69) is 29.4 Å². The van der Waals surface area contributed by atoms with Gasteiger partial charge in [-0.15, -0.1) is 11.3 Å². The van der Waals surface area contributed by atoms with Crippen molar-refractivity contribution in [2.75, 3.05) is 0 Å². The highest BCUT2D eigenvalue weighted by atomic mass is 32.1. The molecular weight excluding hydrogens is 398 g/mol. The molecule has 158 valence electrons. The number of esters is 1. The molecule has 0 spiro atoms. The number of carbonyl (C=O) groups is 2. The third-order valence-electron chi connectivity index (χ3n) is 5.55. The van der Waals surface area contributed by atoms with Gasteiger partial charge in [0, 0.05) is 29.0 Å². The van der Waals surface area contributed by atoms with Gasteiger partial charge >= 0.3 is 5.97 Å². The molecule has 1 aliphatic carbocycles. The van der Waals surface area contributed by atoms with Crippen molar-refractivity contribution >= 4 is 23.1 Å². The Labute approximate surface area is 180 Å². The Morgan fingerprint density at radius 1 is 1.33 bits per heavy atom. The zero-order valence-corrected chi connectivity index (χ0v) is 18.8. The molecular formula is C23H27N3O3S. The molecule has 2 N–H and O–H groups in total. The molecule has 30 heavy (non-hydrogen) atoms. The van der Waals surface area contributed by atoms with Crippen molar-refractivity contribution in [3.63, 3.8) is 0 Å². The first-order valence-corrected chi connectivity index (χ1v) is 11.1. The molecule has 7 heteroatoms. The van der Waals surface area contributed by atoms with Crippen LogP contribution < -0.4 is 5.32 Å². The Morgan fingerprint density at radius 2 is 2.10 bits per heavy atom. The highest BCUT2D eigenvalue weighted by Crippen LogP contribution is 2.48. The Balaban J connectivity index is 1.90. The van der Waals surface area contributed by atoms with Crippen molar-refractivity contribution in [1.82, 2.24) is 15.5 Å². The molecule has 0 bridgehead atoms. The molecule has 2 aromatic heterocycles. The first-order valence-electron chi connectivity index (χ1n) is 10.2. The van der Waals surface area contributed by atoms with Crippen molar-refractivity contribution in [3.8, 4) is 10.6 Å². The average molecular weight is 426 g/mol. The summed E-state index contributed by atoms with van der Waals surface area (Å²) in [6, 6.07) is 3.98. The van der Waals surface area contributed by atoms with Gasteiger partial charge in [0.25, 0.3) is 0 Å². The number of H-pyrrole nitrogens is 1. The van der Waals surface area contributed by atoms with Crippen LogP contribution in [0.2, 0.25) is 0 Å². The standard InChI is InChI=1S/C23H27N3O3S/c1-12(2)29-22(28)18-13(3)25-15-9-23(4,5)10-16(27)20(15)19(18)14-11-24-26-21(14)17-7-6-8-30-17/h6-8,11-12,19,25H,9-10H2,1-5H3,(H,24,26). The third kappa shape index (κ3) is 3.62. The van der Waals surface area contributed by atoms with E-state index in [9.17, 15) is 9.59 Å². The van der Waals surface area contributed by atoms with Gasteiger partial charge in [-0.05, 0) is 44.1 Å². The summed E-state index contributed by atoms with van der Waals surface area (Å²) >= 11 is 1.59. The van der Waals surface area contributed by atoms with Gasteiger partial charge in [-0.25, -0.2) is 4.79 Å². The fourth-order valence-electron chi connectivity index (χ4n) is 4.43. The van der Waals surface area contributed by atoms with Crippen molar-refractivity contribution in [3.05, 3.63) is 51.8 Å². The Morgan fingerprint density at radius 3 is 2.77 bits per heavy atom. The number of carbonyl (C=O) groups excluding carboxylic acids is 2. The van der Waals surface area contributed by atoms with Crippen LogP contribution >= 0.6 is 11.3 Å². The number of aromatic nitrogens is 2. The van der Waals surface area contributed by atoms with Gasteiger partial charge < -0.3 is 10.1 Å². The molecule has 1 unspecified atom stereocenters. The lowest BCUT2D eigenvalue weighted by molar-refractivity contribution is -0.143. The summed E-state index contributed by atoms with van der Waals surface area (Å²) in [5.74, 6) is -0.839. The number of nitrogens with zero attached hydrogens (tertiary/aromatic N) is 1. The van der Waals surface area contributed by atoms with Gasteiger partial charge in [0.05, 0.1) is 34.4 Å². The summed E-state index contributed by atoms with van der Waals surface area (Å²) in [6.45, 7) is 9.73. The largest absolute Gasteiger partial charge is 0.460 e. The number of hydrogen-bond donors (Lipinski definition) is 2. The fraction of sp³-hybridized carbons (Fsp3) is 0.435. The highest BCUT2D eigenvalue weighted by molar-refractivity contribution is 7.13. The summed E-state index contributed by atoms with van der Waals surface area (Å²) in [5.41, 5.74) is 4.31. The van der Waals surface area contributed by atoms with Crippen molar-refractivity contribution in [2.45, 2.75) is 59.5 Å². The van der Waals surface area contributed by atoms with Gasteiger partial charge in [-0.2, -0.15) is 5.10 Å². The molecule has 2 aromatic rings. The highest BCUT2D eigenvalue weighted by Gasteiger charge is 2.44. The molecule has 0 aromatic carbocycles. The lowest BCUT2D eigenvalue weighted by Gasteiger charge is -2.39. The van der Waals surface area contributed by atoms with Crippen LogP contribution in [0.4, 0.5) is 0 Å². The molecule has 0 saturated heterocycles. The van der Waals surface area contributed by atoms with E-state index in [1.807, 2.05) is 38.3 Å². The molecule has 6 nitrogen and oxygen atoms in total. The third-order valence-corrected chi connectivity index (χ3v) is 6.44. The summed E-state index contributed by atoms with van der Waals surface area (Å²) < 4.78 is 5.58. The summed E-state index contributed by atoms with van der Waals surface area (Å²) in [7, 11) is 0. The predicted molar refractivity (Wildman–Crippen MR) is 117 cm³/mol. The van der Waals surface area contributed by atoms with E-state index in [-0.39, 0.29) is 17.3 Å². The lowest BCUT2D eigenvalue weighted by atomic mass is 9.68. The van der Waals surface area contributed by atoms with E-state index in [0.717, 1.165) is 33.9 Å². The Kier molecular flexibility index (Phi) is 5.18. The fourth-order valence-corrected chi connectivity index (χ4v) is 5.17. The van der Waals surface area contributed by atoms with Crippen LogP contribution in [0.1, 0.15) is 58.9 Å². The molecule has 0 saturated carbocycles. The van der Waals surface area contributed by atoms with E-state index in [0.29, 0.717) is 17.6 Å². The first-order chi connectivity index (χ1) is 14.2. The van der Waals surface area contributed by atoms with Gasteiger partial charge in [0.15, 0.2) is 5.78 Å². The smallest absolute Gasteiger partial charge is 0.337 e. The Hall–Kier alpha value is -2.67. The zero-order valence-electron chi connectivity index (χ0n) is 18.0. The molecule has 0 amide bonds. The van der Waals surface area contributed by atoms with E-state index >= 15 is 0 Å². The number of nitrogens with one attached hydrogen (secondary N) is 2. The van der Waals surface area contributed by atoms with E-state index in [1.54, 1.807) is 17.5 Å². The number of hydrogen-bond acceptors (Lipinski definition) is 6. The van der Waals surface area contributed by atoms with Crippen LogP contribution in [0.3, 0.4) is 0 Å². The topological polar surface area (TPSA) is 84.1 Å². The minimum Gasteiger partial charge on any atom is -0.460 e. The molecule has 4 rings (SSSR count). The predicted octanol–water partition coefficient (Wildman–Crippen LogP) is 4.69. The van der Waals surface area contributed by atoms with Crippen LogP contribution in [0.15, 0.2) is 46.2 Å². The van der Waals surface area contributed by atoms with Crippen molar-refractivity contribution < 1.29 is 14.3 Å². The molecule has 3 heterocycles. The maximum absolute atomic E-state index is 13.3. The molecule has 1 atom stereocenters. The number of ether oxygens (including phenoxy) is 1. The van der Waals surface area contributed by atoms with Crippen LogP contribution in [-0.4, -0.2) is 28.1 Å². The lowest BCUT2D eigenvalue weighted by Crippen LogP contribution is -2.39.